The number of halogens is 2. The fraction of sp³-hybridized carbons (Fsp3) is 1.00. The van der Waals surface area contributed by atoms with E-state index < -0.39 is 7.82 Å². The highest BCUT2D eigenvalue weighted by atomic mass is 35.5. The number of phosphoric acid groups is 1. The molecule has 0 aliphatic rings. The van der Waals surface area contributed by atoms with Gasteiger partial charge in [-0.25, -0.2) is 4.57 Å². The SMILES string of the molecule is COP(=O)(O)O.Cl.Cl. The third-order valence-electron chi connectivity index (χ3n) is 0.238. The van der Waals surface area contributed by atoms with Gasteiger partial charge in [-0.15, -0.1) is 24.8 Å². The molecule has 54 valence electrons. The summed E-state index contributed by atoms with van der Waals surface area (Å²) in [5.41, 5.74) is 0. The van der Waals surface area contributed by atoms with Crippen LogP contribution in [-0.4, -0.2) is 16.9 Å². The van der Waals surface area contributed by atoms with Crippen molar-refractivity contribution in [3.63, 3.8) is 0 Å². The van der Waals surface area contributed by atoms with E-state index in [1.807, 2.05) is 0 Å². The Bertz CT molecular complexity index is 78.1. The van der Waals surface area contributed by atoms with Crippen molar-refractivity contribution in [1.29, 1.82) is 0 Å². The lowest BCUT2D eigenvalue weighted by atomic mass is 11.8. The van der Waals surface area contributed by atoms with Gasteiger partial charge in [-0.3, -0.25) is 4.52 Å². The van der Waals surface area contributed by atoms with Crippen LogP contribution in [0.4, 0.5) is 0 Å². The van der Waals surface area contributed by atoms with E-state index in [2.05, 4.69) is 4.52 Å². The van der Waals surface area contributed by atoms with Crippen molar-refractivity contribution in [2.75, 3.05) is 7.11 Å². The summed E-state index contributed by atoms with van der Waals surface area (Å²) >= 11 is 0. The first-order chi connectivity index (χ1) is 2.56. The predicted octanol–water partition coefficient (Wildman–Crippen LogP) is 0.569. The van der Waals surface area contributed by atoms with Gasteiger partial charge >= 0.3 is 7.82 Å². The number of hydrogen-bond donors (Lipinski definition) is 2. The Morgan fingerprint density at radius 1 is 1.38 bits per heavy atom. The number of phosphoric ester groups is 1. The molecule has 0 aromatic carbocycles. The second-order valence-corrected chi connectivity index (χ2v) is 2.02. The van der Waals surface area contributed by atoms with Crippen LogP contribution in [0.2, 0.25) is 0 Å². The monoisotopic (exact) mass is 184 g/mol. The normalized spacial score (nSPS) is 8.88. The van der Waals surface area contributed by atoms with Crippen molar-refractivity contribution in [1.82, 2.24) is 0 Å². The molecule has 0 aromatic heterocycles. The maximum Gasteiger partial charge on any atom is 0.469 e. The van der Waals surface area contributed by atoms with Crippen LogP contribution in [0.1, 0.15) is 0 Å². The van der Waals surface area contributed by atoms with Crippen molar-refractivity contribution in [2.45, 2.75) is 0 Å². The van der Waals surface area contributed by atoms with Crippen molar-refractivity contribution >= 4 is 32.6 Å². The summed E-state index contributed by atoms with van der Waals surface area (Å²) in [5.74, 6) is 0. The minimum Gasteiger partial charge on any atom is -0.303 e. The number of rotatable bonds is 1. The van der Waals surface area contributed by atoms with Gasteiger partial charge in [0.25, 0.3) is 0 Å². The topological polar surface area (TPSA) is 66.8 Å². The molecule has 0 saturated carbocycles. The molecule has 7 heteroatoms. The van der Waals surface area contributed by atoms with Gasteiger partial charge in [0, 0.05) is 7.11 Å². The molecule has 0 aliphatic carbocycles. The third-order valence-corrected chi connectivity index (χ3v) is 0.714. The highest BCUT2D eigenvalue weighted by Gasteiger charge is 2.07. The Morgan fingerprint density at radius 2 is 1.50 bits per heavy atom. The van der Waals surface area contributed by atoms with E-state index in [0.717, 1.165) is 7.11 Å². The van der Waals surface area contributed by atoms with E-state index in [1.54, 1.807) is 0 Å². The molecule has 0 radical (unpaired) electrons. The summed E-state index contributed by atoms with van der Waals surface area (Å²) < 4.78 is 13.1. The Morgan fingerprint density at radius 3 is 1.50 bits per heavy atom. The van der Waals surface area contributed by atoms with Crippen LogP contribution in [0.5, 0.6) is 0 Å². The molecule has 0 saturated heterocycles. The van der Waals surface area contributed by atoms with Crippen molar-refractivity contribution in [3.05, 3.63) is 0 Å². The van der Waals surface area contributed by atoms with Crippen LogP contribution in [0.3, 0.4) is 0 Å². The smallest absolute Gasteiger partial charge is 0.303 e. The average molecular weight is 185 g/mol. The molecule has 8 heavy (non-hydrogen) atoms. The first kappa shape index (κ1) is 15.9. The van der Waals surface area contributed by atoms with Crippen LogP contribution in [0.25, 0.3) is 0 Å². The summed E-state index contributed by atoms with van der Waals surface area (Å²) in [6.45, 7) is 0. The van der Waals surface area contributed by atoms with Gasteiger partial charge in [-0.1, -0.05) is 0 Å². The minimum absolute atomic E-state index is 0. The van der Waals surface area contributed by atoms with E-state index in [4.69, 9.17) is 9.79 Å². The average Bonchev–Trinajstić information content (AvgIpc) is 1.35. The fourth-order valence-corrected chi connectivity index (χ4v) is 0. The van der Waals surface area contributed by atoms with E-state index in [1.165, 1.54) is 0 Å². The molecule has 0 atom stereocenters. The van der Waals surface area contributed by atoms with Gasteiger partial charge in [0.2, 0.25) is 0 Å². The fourth-order valence-electron chi connectivity index (χ4n) is 0. The standard InChI is InChI=1S/CH5O4P.2ClH/c1-5-6(2,3)4;;/h1H3,(H2,2,3,4);2*1H. The molecule has 4 nitrogen and oxygen atoms in total. The van der Waals surface area contributed by atoms with Crippen LogP contribution in [-0.2, 0) is 9.09 Å². The van der Waals surface area contributed by atoms with Gasteiger partial charge in [0.15, 0.2) is 0 Å². The molecule has 0 aliphatic heterocycles. The van der Waals surface area contributed by atoms with Crippen LogP contribution >= 0.6 is 32.6 Å². The predicted molar refractivity (Wildman–Crippen MR) is 33.5 cm³/mol. The zero-order chi connectivity index (χ0) is 5.21. The lowest BCUT2D eigenvalue weighted by Crippen LogP contribution is -1.76. The quantitative estimate of drug-likeness (QED) is 0.586. The molecule has 0 aromatic rings. The first-order valence-corrected chi connectivity index (χ1v) is 2.70. The maximum absolute atomic E-state index is 9.47. The molecule has 0 fully saturated rings. The van der Waals surface area contributed by atoms with Crippen LogP contribution < -0.4 is 0 Å². The molecule has 0 heterocycles. The zero-order valence-electron chi connectivity index (χ0n) is 3.97. The number of hydrogen-bond acceptors (Lipinski definition) is 2. The molecule has 0 rings (SSSR count). The Kier molecular flexibility index (Phi) is 11.5. The van der Waals surface area contributed by atoms with E-state index >= 15 is 0 Å². The molecule has 0 spiro atoms. The lowest BCUT2D eigenvalue weighted by Gasteiger charge is -1.93. The van der Waals surface area contributed by atoms with Crippen LogP contribution in [0.15, 0.2) is 0 Å². The Labute approximate surface area is 59.3 Å². The first-order valence-electron chi connectivity index (χ1n) is 1.17. The third kappa shape index (κ3) is 15.9. The second kappa shape index (κ2) is 5.82. The maximum atomic E-state index is 9.47. The highest BCUT2D eigenvalue weighted by Crippen LogP contribution is 2.33. The molecule has 0 unspecified atom stereocenters. The van der Waals surface area contributed by atoms with Gasteiger partial charge < -0.3 is 9.79 Å². The molecular weight excluding hydrogens is 178 g/mol. The molecule has 2 N–H and O–H groups in total. The largest absolute Gasteiger partial charge is 0.469 e. The van der Waals surface area contributed by atoms with Gasteiger partial charge in [0.05, 0.1) is 0 Å². The van der Waals surface area contributed by atoms with Crippen molar-refractivity contribution in [3.8, 4) is 0 Å². The summed E-state index contributed by atoms with van der Waals surface area (Å²) in [6.07, 6.45) is 0. The lowest BCUT2D eigenvalue weighted by molar-refractivity contribution is 0.235. The van der Waals surface area contributed by atoms with Crippen molar-refractivity contribution < 1.29 is 18.9 Å². The summed E-state index contributed by atoms with van der Waals surface area (Å²) in [5, 5.41) is 0. The zero-order valence-corrected chi connectivity index (χ0v) is 6.50. The minimum atomic E-state index is -4.15. The van der Waals surface area contributed by atoms with Crippen LogP contribution in [0, 0.1) is 0 Å². The van der Waals surface area contributed by atoms with Gasteiger partial charge in [-0.2, -0.15) is 0 Å². The summed E-state index contributed by atoms with van der Waals surface area (Å²) in [4.78, 5) is 15.4. The molecule has 0 amide bonds. The van der Waals surface area contributed by atoms with Crippen molar-refractivity contribution in [2.24, 2.45) is 0 Å². The second-order valence-electron chi connectivity index (χ2n) is 0.673. The summed E-state index contributed by atoms with van der Waals surface area (Å²) in [7, 11) is -3.20. The molecule has 0 bridgehead atoms. The molecular formula is CH7Cl2O4P. The highest BCUT2D eigenvalue weighted by molar-refractivity contribution is 7.46. The van der Waals surface area contributed by atoms with E-state index in [9.17, 15) is 4.57 Å². The Balaban J connectivity index is -0.000000125. The van der Waals surface area contributed by atoms with E-state index in [-0.39, 0.29) is 24.8 Å². The van der Waals surface area contributed by atoms with E-state index in [0.29, 0.717) is 0 Å². The summed E-state index contributed by atoms with van der Waals surface area (Å²) in [6, 6.07) is 0. The van der Waals surface area contributed by atoms with Gasteiger partial charge in [0.1, 0.15) is 0 Å². The Hall–Kier alpha value is 0.690. The van der Waals surface area contributed by atoms with Gasteiger partial charge in [-0.05, 0) is 0 Å².